The van der Waals surface area contributed by atoms with Gasteiger partial charge in [0.2, 0.25) is 5.88 Å². The van der Waals surface area contributed by atoms with E-state index in [4.69, 9.17) is 4.42 Å². The van der Waals surface area contributed by atoms with Crippen LogP contribution in [0.1, 0.15) is 115 Å². The van der Waals surface area contributed by atoms with Crippen LogP contribution in [0.15, 0.2) is 162 Å². The summed E-state index contributed by atoms with van der Waals surface area (Å²) in [5.41, 5.74) is 21.6. The lowest BCUT2D eigenvalue weighted by Gasteiger charge is -2.57. The third-order valence-electron chi connectivity index (χ3n) is 21.8. The van der Waals surface area contributed by atoms with Crippen molar-refractivity contribution in [3.63, 3.8) is 0 Å². The van der Waals surface area contributed by atoms with Gasteiger partial charge in [-0.1, -0.05) is 130 Å². The number of furan rings is 1. The Kier molecular flexibility index (Phi) is 8.57. The van der Waals surface area contributed by atoms with E-state index in [9.17, 15) is 0 Å². The summed E-state index contributed by atoms with van der Waals surface area (Å²) in [6.07, 6.45) is 16.9. The van der Waals surface area contributed by atoms with Gasteiger partial charge >= 0.3 is 6.85 Å². The molecule has 8 saturated carbocycles. The molecule has 8 bridgehead atoms. The second-order valence-electron chi connectivity index (χ2n) is 27.3. The average Bonchev–Trinajstić information content (AvgIpc) is 4.17. The van der Waals surface area contributed by atoms with Crippen LogP contribution in [0.4, 0.5) is 17.3 Å². The molecule has 0 spiro atoms. The summed E-state index contributed by atoms with van der Waals surface area (Å²) in [6, 6.07) is 62.0. The molecular formula is C72H65BN2O. The van der Waals surface area contributed by atoms with Crippen LogP contribution in [0.25, 0.3) is 76.9 Å². The van der Waals surface area contributed by atoms with Gasteiger partial charge in [0, 0.05) is 54.9 Å². The normalized spacial score (nSPS) is 27.4. The molecule has 4 heteroatoms. The molecule has 0 atom stereocenters. The van der Waals surface area contributed by atoms with E-state index in [1.165, 1.54) is 165 Å². The van der Waals surface area contributed by atoms with Crippen molar-refractivity contribution in [3.05, 3.63) is 174 Å². The Hall–Kier alpha value is -6.78. The lowest BCUT2D eigenvalue weighted by atomic mass is 9.45. The van der Waals surface area contributed by atoms with Crippen LogP contribution in [-0.4, -0.2) is 11.3 Å². The van der Waals surface area contributed by atoms with E-state index in [0.717, 1.165) is 58.0 Å². The Morgan fingerprint density at radius 2 is 1.08 bits per heavy atom. The SMILES string of the molecule is CC(C)(C)c1ccc(N2c3cc(-c4ccccc4)cc4c3B(c3c2oc2c3ccc3ccccc32)n2c3ccc(C56CC7CC(CC(C7)C5)C6)cc3c3cc(C56CC7CC(CC(C7)C5)C6)cc-4c32)c(-c2ccccc2)c1. The highest BCUT2D eigenvalue weighted by atomic mass is 16.4. The van der Waals surface area contributed by atoms with Crippen molar-refractivity contribution in [2.24, 2.45) is 35.5 Å². The molecule has 76 heavy (non-hydrogen) atoms. The Labute approximate surface area is 447 Å². The highest BCUT2D eigenvalue weighted by molar-refractivity contribution is 6.91. The highest BCUT2D eigenvalue weighted by Gasteiger charge is 2.54. The molecule has 0 unspecified atom stereocenters. The van der Waals surface area contributed by atoms with Crippen LogP contribution in [0.5, 0.6) is 0 Å². The van der Waals surface area contributed by atoms with Gasteiger partial charge in [-0.2, -0.15) is 0 Å². The zero-order valence-electron chi connectivity index (χ0n) is 44.3. The first-order chi connectivity index (χ1) is 37.1. The average molecular weight is 985 g/mol. The molecule has 4 heterocycles. The van der Waals surface area contributed by atoms with Gasteiger partial charge in [0.25, 0.3) is 0 Å². The fourth-order valence-electron chi connectivity index (χ4n) is 19.4. The van der Waals surface area contributed by atoms with Gasteiger partial charge in [-0.05, 0) is 227 Å². The largest absolute Gasteiger partial charge is 0.440 e. The van der Waals surface area contributed by atoms with Crippen molar-refractivity contribution in [2.45, 2.75) is 114 Å². The Balaban J connectivity index is 0.985. The Morgan fingerprint density at radius 3 is 1.75 bits per heavy atom. The fourth-order valence-corrected chi connectivity index (χ4v) is 19.4. The molecule has 8 aliphatic carbocycles. The number of nitrogens with zero attached hydrogens (tertiary/aromatic N) is 2. The molecule has 2 aromatic heterocycles. The summed E-state index contributed by atoms with van der Waals surface area (Å²) in [7, 11) is 0. The van der Waals surface area contributed by atoms with Gasteiger partial charge in [0.1, 0.15) is 5.58 Å². The first-order valence-electron chi connectivity index (χ1n) is 29.4. The summed E-state index contributed by atoms with van der Waals surface area (Å²) in [5, 5.41) is 6.52. The minimum Gasteiger partial charge on any atom is -0.440 e. The van der Waals surface area contributed by atoms with E-state index in [0.29, 0.717) is 5.41 Å². The van der Waals surface area contributed by atoms with Crippen LogP contribution >= 0.6 is 0 Å². The van der Waals surface area contributed by atoms with Crippen molar-refractivity contribution in [1.82, 2.24) is 4.48 Å². The zero-order chi connectivity index (χ0) is 50.0. The highest BCUT2D eigenvalue weighted by Crippen LogP contribution is 2.64. The molecule has 0 saturated heterocycles. The van der Waals surface area contributed by atoms with Gasteiger partial charge in [-0.3, -0.25) is 4.90 Å². The molecule has 0 amide bonds. The van der Waals surface area contributed by atoms with Crippen molar-refractivity contribution in [3.8, 4) is 33.4 Å². The Morgan fingerprint density at radius 1 is 0.461 bits per heavy atom. The number of aromatic nitrogens is 1. The number of fused-ring (bicyclic) bond motifs is 11. The van der Waals surface area contributed by atoms with Crippen molar-refractivity contribution in [1.29, 1.82) is 0 Å². The smallest absolute Gasteiger partial charge is 0.337 e. The van der Waals surface area contributed by atoms with E-state index in [2.05, 4.69) is 188 Å². The predicted molar refractivity (Wildman–Crippen MR) is 317 cm³/mol. The van der Waals surface area contributed by atoms with Gasteiger partial charge in [0.05, 0.1) is 5.69 Å². The number of hydrogen-bond donors (Lipinski definition) is 0. The predicted octanol–water partition coefficient (Wildman–Crippen LogP) is 17.7. The first kappa shape index (κ1) is 43.3. The first-order valence-corrected chi connectivity index (χ1v) is 29.4. The van der Waals surface area contributed by atoms with Crippen molar-refractivity contribution < 1.29 is 4.42 Å². The minimum absolute atomic E-state index is 0.0423. The summed E-state index contributed by atoms with van der Waals surface area (Å²) >= 11 is 0. The van der Waals surface area contributed by atoms with Gasteiger partial charge in [-0.25, -0.2) is 0 Å². The third-order valence-corrected chi connectivity index (χ3v) is 21.8. The molecule has 10 aliphatic rings. The van der Waals surface area contributed by atoms with E-state index >= 15 is 0 Å². The molecule has 3 nitrogen and oxygen atoms in total. The van der Waals surface area contributed by atoms with Crippen LogP contribution < -0.4 is 15.8 Å². The number of benzene rings is 8. The van der Waals surface area contributed by atoms with Gasteiger partial charge < -0.3 is 8.90 Å². The zero-order valence-corrected chi connectivity index (χ0v) is 44.3. The topological polar surface area (TPSA) is 21.3 Å². The minimum atomic E-state index is -0.124. The van der Waals surface area contributed by atoms with Gasteiger partial charge in [-0.15, -0.1) is 0 Å². The molecule has 0 radical (unpaired) electrons. The number of anilines is 3. The molecule has 10 aromatic rings. The van der Waals surface area contributed by atoms with Crippen LogP contribution in [0, 0.1) is 35.5 Å². The van der Waals surface area contributed by atoms with Crippen molar-refractivity contribution >= 4 is 78.6 Å². The molecule has 372 valence electrons. The van der Waals surface area contributed by atoms with E-state index in [1.807, 2.05) is 0 Å². The number of rotatable bonds is 5. The standard InChI is InChI=1S/C72H65BN2O/c1-70(2,3)52-19-22-62(57(32-52)49-14-8-5-9-15-49)74-64-31-51(48-12-6-4-7-13-48)30-59-61-35-54(72-39-45-27-46(40-72)29-47(28-45)41-72)34-60-58-33-53(71-36-42-24-43(37-71)26-44(25-42)38-71)20-23-63(58)75(67(60)61)73(65(59)64)66-56-21-18-50-16-10-11-17-55(50)68(56)76-69(66)74/h4-23,30-35,42-47H,24-29,36-41H2,1-3H3. The Bertz CT molecular complexity index is 4060. The summed E-state index contributed by atoms with van der Waals surface area (Å²) in [6.45, 7) is 6.90. The molecule has 2 aliphatic heterocycles. The maximum Gasteiger partial charge on any atom is 0.337 e. The van der Waals surface area contributed by atoms with Gasteiger partial charge in [0.15, 0.2) is 0 Å². The molecule has 0 N–H and O–H groups in total. The second kappa shape index (κ2) is 15.0. The maximum absolute atomic E-state index is 7.76. The molecule has 20 rings (SSSR count). The summed E-state index contributed by atoms with van der Waals surface area (Å²) in [4.78, 5) is 2.57. The van der Waals surface area contributed by atoms with E-state index < -0.39 is 0 Å². The molecule has 8 fully saturated rings. The van der Waals surface area contributed by atoms with Crippen LogP contribution in [0.2, 0.25) is 0 Å². The number of hydrogen-bond acceptors (Lipinski definition) is 2. The van der Waals surface area contributed by atoms with E-state index in [1.54, 1.807) is 11.1 Å². The quantitative estimate of drug-likeness (QED) is 0.160. The van der Waals surface area contributed by atoms with E-state index in [-0.39, 0.29) is 17.7 Å². The summed E-state index contributed by atoms with van der Waals surface area (Å²) in [5.74, 6) is 6.20. The third kappa shape index (κ3) is 5.92. The fraction of sp³-hybridized carbons (Fsp3) is 0.333. The summed E-state index contributed by atoms with van der Waals surface area (Å²) < 4.78 is 10.6. The van der Waals surface area contributed by atoms with Crippen molar-refractivity contribution in [2.75, 3.05) is 4.90 Å². The lowest BCUT2D eigenvalue weighted by molar-refractivity contribution is -0.00527. The monoisotopic (exact) mass is 985 g/mol. The molecular weight excluding hydrogens is 920 g/mol. The molecule has 8 aromatic carbocycles. The van der Waals surface area contributed by atoms with Crippen LogP contribution in [0.3, 0.4) is 0 Å². The second-order valence-corrected chi connectivity index (χ2v) is 27.3. The van der Waals surface area contributed by atoms with Crippen LogP contribution in [-0.2, 0) is 16.2 Å². The maximum atomic E-state index is 7.76. The lowest BCUT2D eigenvalue weighted by Crippen LogP contribution is -2.56.